The van der Waals surface area contributed by atoms with Crippen molar-refractivity contribution in [1.29, 1.82) is 0 Å². The van der Waals surface area contributed by atoms with Crippen molar-refractivity contribution in [3.63, 3.8) is 0 Å². The normalized spacial score (nSPS) is 20.2. The topological polar surface area (TPSA) is 26.3 Å². The lowest BCUT2D eigenvalue weighted by Gasteiger charge is -2.36. The van der Waals surface area contributed by atoms with E-state index in [-0.39, 0.29) is 12.8 Å². The number of carbonyl (C=O) groups excluding carboxylic acids is 1. The van der Waals surface area contributed by atoms with Crippen molar-refractivity contribution in [3.05, 3.63) is 12.7 Å². The molecule has 1 aliphatic carbocycles. The third-order valence-corrected chi connectivity index (χ3v) is 2.77. The maximum absolute atomic E-state index is 12.4. The maximum Gasteiger partial charge on any atom is 0.392 e. The minimum Gasteiger partial charge on any atom is -0.456 e. The molecule has 1 fully saturated rings. The van der Waals surface area contributed by atoms with Crippen LogP contribution in [0.4, 0.5) is 13.2 Å². The van der Waals surface area contributed by atoms with E-state index in [1.54, 1.807) is 0 Å². The van der Waals surface area contributed by atoms with Crippen LogP contribution in [0.5, 0.6) is 0 Å². The molecular weight excluding hydrogens is 221 g/mol. The molecule has 5 heteroatoms. The zero-order valence-corrected chi connectivity index (χ0v) is 8.98. The molecule has 0 aromatic heterocycles. The Morgan fingerprint density at radius 1 is 1.31 bits per heavy atom. The van der Waals surface area contributed by atoms with Gasteiger partial charge in [0.25, 0.3) is 0 Å². The summed E-state index contributed by atoms with van der Waals surface area (Å²) in [5.41, 5.74) is -1.36. The molecule has 1 saturated carbocycles. The summed E-state index contributed by atoms with van der Waals surface area (Å²) in [5.74, 6) is -0.772. The molecule has 0 atom stereocenters. The summed E-state index contributed by atoms with van der Waals surface area (Å²) in [4.78, 5) is 11.1. The predicted molar refractivity (Wildman–Crippen MR) is 52.8 cm³/mol. The zero-order valence-electron chi connectivity index (χ0n) is 8.98. The van der Waals surface area contributed by atoms with Gasteiger partial charge in [-0.05, 0) is 25.7 Å². The van der Waals surface area contributed by atoms with Crippen LogP contribution >= 0.6 is 0 Å². The summed E-state index contributed by atoms with van der Waals surface area (Å²) >= 11 is 0. The quantitative estimate of drug-likeness (QED) is 0.554. The molecule has 0 spiro atoms. The molecule has 0 N–H and O–H groups in total. The first-order valence-corrected chi connectivity index (χ1v) is 5.29. The van der Waals surface area contributed by atoms with Crippen LogP contribution in [0, 0.1) is 0 Å². The fourth-order valence-electron chi connectivity index (χ4n) is 2.13. The Bertz CT molecular complexity index is 265. The molecule has 92 valence electrons. The summed E-state index contributed by atoms with van der Waals surface area (Å²) in [6.07, 6.45) is -1.66. The van der Waals surface area contributed by atoms with Gasteiger partial charge in [0.15, 0.2) is 0 Å². The SMILES string of the molecule is C=CC(=O)OC1(CC(F)(F)F)CCCCC1. The van der Waals surface area contributed by atoms with Gasteiger partial charge >= 0.3 is 12.1 Å². The largest absolute Gasteiger partial charge is 0.456 e. The van der Waals surface area contributed by atoms with Crippen LogP contribution in [0.1, 0.15) is 38.5 Å². The summed E-state index contributed by atoms with van der Waals surface area (Å²) < 4.78 is 42.2. The van der Waals surface area contributed by atoms with E-state index >= 15 is 0 Å². The predicted octanol–water partition coefficient (Wildman–Crippen LogP) is 3.37. The number of alkyl halides is 3. The van der Waals surface area contributed by atoms with Crippen molar-refractivity contribution >= 4 is 5.97 Å². The van der Waals surface area contributed by atoms with E-state index in [4.69, 9.17) is 4.74 Å². The molecule has 0 amide bonds. The fraction of sp³-hybridized carbons (Fsp3) is 0.727. The third kappa shape index (κ3) is 3.87. The van der Waals surface area contributed by atoms with Crippen molar-refractivity contribution in [2.45, 2.75) is 50.3 Å². The third-order valence-electron chi connectivity index (χ3n) is 2.77. The van der Waals surface area contributed by atoms with Crippen LogP contribution in [0.25, 0.3) is 0 Å². The number of hydrogen-bond acceptors (Lipinski definition) is 2. The molecule has 0 aliphatic heterocycles. The highest BCUT2D eigenvalue weighted by atomic mass is 19.4. The number of ether oxygens (including phenoxy) is 1. The van der Waals surface area contributed by atoms with Crippen LogP contribution in [0.15, 0.2) is 12.7 Å². The Balaban J connectivity index is 2.74. The molecule has 0 bridgehead atoms. The smallest absolute Gasteiger partial charge is 0.392 e. The number of rotatable bonds is 3. The van der Waals surface area contributed by atoms with Gasteiger partial charge < -0.3 is 4.74 Å². The van der Waals surface area contributed by atoms with E-state index in [0.29, 0.717) is 12.8 Å². The highest BCUT2D eigenvalue weighted by Crippen LogP contribution is 2.40. The monoisotopic (exact) mass is 236 g/mol. The van der Waals surface area contributed by atoms with Crippen molar-refractivity contribution < 1.29 is 22.7 Å². The summed E-state index contributed by atoms with van der Waals surface area (Å²) in [6, 6.07) is 0. The van der Waals surface area contributed by atoms with E-state index in [2.05, 4.69) is 6.58 Å². The first-order chi connectivity index (χ1) is 7.37. The molecule has 0 saturated heterocycles. The Morgan fingerprint density at radius 3 is 2.31 bits per heavy atom. The van der Waals surface area contributed by atoms with Gasteiger partial charge in [0.2, 0.25) is 0 Å². The number of esters is 1. The van der Waals surface area contributed by atoms with Crippen LogP contribution in [0.2, 0.25) is 0 Å². The number of hydrogen-bond donors (Lipinski definition) is 0. The minimum atomic E-state index is -4.31. The lowest BCUT2D eigenvalue weighted by molar-refractivity contribution is -0.198. The molecule has 0 heterocycles. The van der Waals surface area contributed by atoms with Gasteiger partial charge in [0.05, 0.1) is 6.42 Å². The van der Waals surface area contributed by atoms with Crippen LogP contribution in [-0.2, 0) is 9.53 Å². The summed E-state index contributed by atoms with van der Waals surface area (Å²) in [6.45, 7) is 3.20. The molecule has 0 aromatic rings. The minimum absolute atomic E-state index is 0.284. The Kier molecular flexibility index (Phi) is 3.99. The molecule has 0 unspecified atom stereocenters. The Hall–Kier alpha value is -1.00. The lowest BCUT2D eigenvalue weighted by atomic mass is 9.82. The maximum atomic E-state index is 12.4. The van der Waals surface area contributed by atoms with Gasteiger partial charge in [-0.1, -0.05) is 13.0 Å². The Labute approximate surface area is 92.5 Å². The highest BCUT2D eigenvalue weighted by Gasteiger charge is 2.45. The zero-order chi connectivity index (χ0) is 12.2. The molecule has 16 heavy (non-hydrogen) atoms. The van der Waals surface area contributed by atoms with Gasteiger partial charge in [-0.15, -0.1) is 0 Å². The molecular formula is C11H15F3O2. The first kappa shape index (κ1) is 13.1. The van der Waals surface area contributed by atoms with Gasteiger partial charge in [0.1, 0.15) is 5.60 Å². The molecule has 1 aliphatic rings. The van der Waals surface area contributed by atoms with E-state index < -0.39 is 24.2 Å². The number of halogens is 3. The van der Waals surface area contributed by atoms with Crippen molar-refractivity contribution in [1.82, 2.24) is 0 Å². The van der Waals surface area contributed by atoms with Crippen LogP contribution in [0.3, 0.4) is 0 Å². The highest BCUT2D eigenvalue weighted by molar-refractivity contribution is 5.81. The molecule has 0 radical (unpaired) electrons. The van der Waals surface area contributed by atoms with Gasteiger partial charge in [0, 0.05) is 6.08 Å². The fourth-order valence-corrected chi connectivity index (χ4v) is 2.13. The van der Waals surface area contributed by atoms with E-state index in [1.165, 1.54) is 0 Å². The van der Waals surface area contributed by atoms with Crippen LogP contribution < -0.4 is 0 Å². The standard InChI is InChI=1S/C11H15F3O2/c1-2-9(15)16-10(8-11(12,13)14)6-4-3-5-7-10/h2H,1,3-8H2. The second-order valence-corrected chi connectivity index (χ2v) is 4.16. The second kappa shape index (κ2) is 4.89. The first-order valence-electron chi connectivity index (χ1n) is 5.29. The van der Waals surface area contributed by atoms with E-state index in [1.807, 2.05) is 0 Å². The van der Waals surface area contributed by atoms with Gasteiger partial charge in [-0.3, -0.25) is 0 Å². The number of carbonyl (C=O) groups is 1. The van der Waals surface area contributed by atoms with Crippen molar-refractivity contribution in [3.8, 4) is 0 Å². The summed E-state index contributed by atoms with van der Waals surface area (Å²) in [7, 11) is 0. The lowest BCUT2D eigenvalue weighted by Crippen LogP contribution is -2.41. The average Bonchev–Trinajstić information content (AvgIpc) is 2.15. The van der Waals surface area contributed by atoms with Crippen molar-refractivity contribution in [2.75, 3.05) is 0 Å². The summed E-state index contributed by atoms with van der Waals surface area (Å²) in [5, 5.41) is 0. The molecule has 1 rings (SSSR count). The Morgan fingerprint density at radius 2 is 1.88 bits per heavy atom. The molecule has 0 aromatic carbocycles. The van der Waals surface area contributed by atoms with E-state index in [0.717, 1.165) is 12.5 Å². The molecule has 2 nitrogen and oxygen atoms in total. The van der Waals surface area contributed by atoms with Crippen LogP contribution in [-0.4, -0.2) is 17.7 Å². The van der Waals surface area contributed by atoms with Gasteiger partial charge in [-0.2, -0.15) is 13.2 Å². The average molecular weight is 236 g/mol. The van der Waals surface area contributed by atoms with E-state index in [9.17, 15) is 18.0 Å². The van der Waals surface area contributed by atoms with Crippen molar-refractivity contribution in [2.24, 2.45) is 0 Å². The second-order valence-electron chi connectivity index (χ2n) is 4.16. The van der Waals surface area contributed by atoms with Gasteiger partial charge in [-0.25, -0.2) is 4.79 Å².